The summed E-state index contributed by atoms with van der Waals surface area (Å²) >= 11 is 6.03. The molecule has 0 saturated heterocycles. The topological polar surface area (TPSA) is 46.9 Å². The van der Waals surface area contributed by atoms with Crippen LogP contribution in [0.3, 0.4) is 0 Å². The van der Waals surface area contributed by atoms with Gasteiger partial charge in [-0.2, -0.15) is 5.10 Å². The fourth-order valence-electron chi connectivity index (χ4n) is 2.24. The lowest BCUT2D eigenvalue weighted by Crippen LogP contribution is -2.11. The number of halogens is 1. The van der Waals surface area contributed by atoms with Crippen LogP contribution in [-0.4, -0.2) is 15.7 Å². The number of carbonyl (C=O) groups is 1. The first-order chi connectivity index (χ1) is 11.1. The van der Waals surface area contributed by atoms with Crippen molar-refractivity contribution in [3.8, 4) is 0 Å². The predicted octanol–water partition coefficient (Wildman–Crippen LogP) is 4.15. The molecule has 2 aromatic carbocycles. The summed E-state index contributed by atoms with van der Waals surface area (Å²) in [6, 6.07) is 15.2. The van der Waals surface area contributed by atoms with Gasteiger partial charge in [0, 0.05) is 6.20 Å². The summed E-state index contributed by atoms with van der Waals surface area (Å²) in [5.74, 6) is -0.245. The Balaban J connectivity index is 1.69. The van der Waals surface area contributed by atoms with E-state index >= 15 is 0 Å². The van der Waals surface area contributed by atoms with Crippen molar-refractivity contribution in [2.75, 3.05) is 5.32 Å². The number of hydrogen-bond acceptors (Lipinski definition) is 2. The minimum atomic E-state index is -0.245. The van der Waals surface area contributed by atoms with Crippen LogP contribution in [0.4, 0.5) is 5.69 Å². The van der Waals surface area contributed by atoms with Crippen molar-refractivity contribution < 1.29 is 4.79 Å². The van der Waals surface area contributed by atoms with E-state index in [4.69, 9.17) is 11.6 Å². The molecule has 0 aliphatic heterocycles. The highest BCUT2D eigenvalue weighted by Crippen LogP contribution is 2.17. The summed E-state index contributed by atoms with van der Waals surface area (Å²) < 4.78 is 1.78. The number of rotatable bonds is 4. The van der Waals surface area contributed by atoms with E-state index in [2.05, 4.69) is 41.6 Å². The predicted molar refractivity (Wildman–Crippen MR) is 91.9 cm³/mol. The van der Waals surface area contributed by atoms with E-state index in [0.717, 1.165) is 5.56 Å². The molecule has 3 aromatic rings. The quantitative estimate of drug-likeness (QED) is 0.783. The Hall–Kier alpha value is -2.59. The number of aromatic nitrogens is 2. The second-order valence-electron chi connectivity index (χ2n) is 5.35. The van der Waals surface area contributed by atoms with E-state index in [1.807, 2.05) is 0 Å². The number of benzene rings is 2. The molecule has 116 valence electrons. The SMILES string of the molecule is Cc1ccc(Cn2cc(NC(=O)c3ccccc3Cl)cn2)cc1. The third kappa shape index (κ3) is 3.79. The van der Waals surface area contributed by atoms with Gasteiger partial charge in [0.05, 0.1) is 29.0 Å². The molecule has 5 heteroatoms. The number of nitrogens with zero attached hydrogens (tertiary/aromatic N) is 2. The fraction of sp³-hybridized carbons (Fsp3) is 0.111. The molecule has 0 radical (unpaired) electrons. The molecule has 1 aromatic heterocycles. The first kappa shape index (κ1) is 15.3. The molecule has 0 atom stereocenters. The van der Waals surface area contributed by atoms with Crippen LogP contribution in [0, 0.1) is 6.92 Å². The maximum absolute atomic E-state index is 12.2. The van der Waals surface area contributed by atoms with Gasteiger partial charge in [0.25, 0.3) is 5.91 Å². The zero-order chi connectivity index (χ0) is 16.2. The molecule has 4 nitrogen and oxygen atoms in total. The minimum absolute atomic E-state index is 0.245. The Bertz CT molecular complexity index is 824. The van der Waals surface area contributed by atoms with Gasteiger partial charge in [0.1, 0.15) is 0 Å². The molecule has 1 heterocycles. The molecule has 1 N–H and O–H groups in total. The number of aryl methyl sites for hydroxylation is 1. The number of anilines is 1. The van der Waals surface area contributed by atoms with E-state index in [0.29, 0.717) is 22.8 Å². The highest BCUT2D eigenvalue weighted by molar-refractivity contribution is 6.34. The van der Waals surface area contributed by atoms with E-state index in [1.54, 1.807) is 41.3 Å². The molecule has 0 aliphatic carbocycles. The lowest BCUT2D eigenvalue weighted by Gasteiger charge is -2.04. The van der Waals surface area contributed by atoms with Crippen molar-refractivity contribution in [3.05, 3.63) is 82.6 Å². The minimum Gasteiger partial charge on any atom is -0.319 e. The van der Waals surface area contributed by atoms with Crippen molar-refractivity contribution >= 4 is 23.2 Å². The Morgan fingerprint density at radius 3 is 2.65 bits per heavy atom. The molecule has 0 saturated carbocycles. The van der Waals surface area contributed by atoms with Crippen molar-refractivity contribution in [3.63, 3.8) is 0 Å². The molecule has 0 spiro atoms. The lowest BCUT2D eigenvalue weighted by atomic mass is 10.1. The van der Waals surface area contributed by atoms with Crippen LogP contribution < -0.4 is 5.32 Å². The van der Waals surface area contributed by atoms with Crippen molar-refractivity contribution in [2.45, 2.75) is 13.5 Å². The summed E-state index contributed by atoms with van der Waals surface area (Å²) in [5.41, 5.74) is 3.46. The summed E-state index contributed by atoms with van der Waals surface area (Å²) in [6.45, 7) is 2.71. The molecule has 0 aliphatic rings. The second kappa shape index (κ2) is 6.67. The lowest BCUT2D eigenvalue weighted by molar-refractivity contribution is 0.102. The zero-order valence-electron chi connectivity index (χ0n) is 12.7. The Morgan fingerprint density at radius 2 is 1.91 bits per heavy atom. The molecular weight excluding hydrogens is 310 g/mol. The largest absolute Gasteiger partial charge is 0.319 e. The Morgan fingerprint density at radius 1 is 1.17 bits per heavy atom. The molecule has 1 amide bonds. The van der Waals surface area contributed by atoms with Crippen molar-refractivity contribution in [1.82, 2.24) is 9.78 Å². The van der Waals surface area contributed by atoms with E-state index in [1.165, 1.54) is 5.56 Å². The zero-order valence-corrected chi connectivity index (χ0v) is 13.4. The van der Waals surface area contributed by atoms with Gasteiger partial charge in [0.2, 0.25) is 0 Å². The molecule has 0 unspecified atom stereocenters. The maximum Gasteiger partial charge on any atom is 0.257 e. The van der Waals surface area contributed by atoms with Crippen LogP contribution >= 0.6 is 11.6 Å². The van der Waals surface area contributed by atoms with Gasteiger partial charge in [-0.1, -0.05) is 53.6 Å². The standard InChI is InChI=1S/C18H16ClN3O/c1-13-6-8-14(9-7-13)11-22-12-15(10-20-22)21-18(23)16-4-2-3-5-17(16)19/h2-10,12H,11H2,1H3,(H,21,23). The molecule has 3 rings (SSSR count). The molecule has 0 bridgehead atoms. The van der Waals surface area contributed by atoms with E-state index in [9.17, 15) is 4.79 Å². The first-order valence-electron chi connectivity index (χ1n) is 7.26. The van der Waals surface area contributed by atoms with Crippen LogP contribution in [0.2, 0.25) is 5.02 Å². The average molecular weight is 326 g/mol. The monoisotopic (exact) mass is 325 g/mol. The normalized spacial score (nSPS) is 10.5. The van der Waals surface area contributed by atoms with Crippen molar-refractivity contribution in [1.29, 1.82) is 0 Å². The number of carbonyl (C=O) groups excluding carboxylic acids is 1. The molecule has 0 fully saturated rings. The van der Waals surface area contributed by atoms with Gasteiger partial charge in [-0.3, -0.25) is 9.48 Å². The third-order valence-electron chi connectivity index (χ3n) is 3.47. The summed E-state index contributed by atoms with van der Waals surface area (Å²) in [5, 5.41) is 7.51. The highest BCUT2D eigenvalue weighted by atomic mass is 35.5. The summed E-state index contributed by atoms with van der Waals surface area (Å²) in [4.78, 5) is 12.2. The smallest absolute Gasteiger partial charge is 0.257 e. The average Bonchev–Trinajstić information content (AvgIpc) is 2.97. The Kier molecular flexibility index (Phi) is 4.44. The molecular formula is C18H16ClN3O. The van der Waals surface area contributed by atoms with Crippen LogP contribution in [0.5, 0.6) is 0 Å². The van der Waals surface area contributed by atoms with Gasteiger partial charge < -0.3 is 5.32 Å². The highest BCUT2D eigenvalue weighted by Gasteiger charge is 2.10. The summed E-state index contributed by atoms with van der Waals surface area (Å²) in [7, 11) is 0. The van der Waals surface area contributed by atoms with Crippen LogP contribution in [0.25, 0.3) is 0 Å². The Labute approximate surface area is 139 Å². The van der Waals surface area contributed by atoms with Crippen LogP contribution in [-0.2, 0) is 6.54 Å². The van der Waals surface area contributed by atoms with Crippen LogP contribution in [0.1, 0.15) is 21.5 Å². The summed E-state index contributed by atoms with van der Waals surface area (Å²) in [6.07, 6.45) is 3.43. The maximum atomic E-state index is 12.2. The number of nitrogens with one attached hydrogen (secondary N) is 1. The van der Waals surface area contributed by atoms with Gasteiger partial charge in [0.15, 0.2) is 0 Å². The first-order valence-corrected chi connectivity index (χ1v) is 7.63. The van der Waals surface area contributed by atoms with Crippen molar-refractivity contribution in [2.24, 2.45) is 0 Å². The van der Waals surface area contributed by atoms with Gasteiger partial charge in [-0.15, -0.1) is 0 Å². The van der Waals surface area contributed by atoms with Crippen LogP contribution in [0.15, 0.2) is 60.9 Å². The third-order valence-corrected chi connectivity index (χ3v) is 3.80. The molecule has 23 heavy (non-hydrogen) atoms. The van der Waals surface area contributed by atoms with Gasteiger partial charge in [-0.05, 0) is 24.6 Å². The van der Waals surface area contributed by atoms with Gasteiger partial charge >= 0.3 is 0 Å². The fourth-order valence-corrected chi connectivity index (χ4v) is 2.46. The van der Waals surface area contributed by atoms with Gasteiger partial charge in [-0.25, -0.2) is 0 Å². The van der Waals surface area contributed by atoms with E-state index in [-0.39, 0.29) is 5.91 Å². The second-order valence-corrected chi connectivity index (χ2v) is 5.75. The van der Waals surface area contributed by atoms with E-state index < -0.39 is 0 Å². The number of amides is 1. The number of hydrogen-bond donors (Lipinski definition) is 1.